The van der Waals surface area contributed by atoms with Crippen molar-refractivity contribution in [1.82, 2.24) is 0 Å². The standard InChI is InChI=1S/C12H20O3/c1-3-4-9-5-6-11(13)10(7-9)12(14)8-15-2/h9-10H,3-8H2,1-2H3. The lowest BCUT2D eigenvalue weighted by molar-refractivity contribution is -0.137. The maximum Gasteiger partial charge on any atom is 0.168 e. The van der Waals surface area contributed by atoms with E-state index in [4.69, 9.17) is 4.74 Å². The molecule has 0 radical (unpaired) electrons. The Kier molecular flexibility index (Phi) is 4.95. The second kappa shape index (κ2) is 6.01. The van der Waals surface area contributed by atoms with Crippen molar-refractivity contribution in [3.63, 3.8) is 0 Å². The van der Waals surface area contributed by atoms with Crippen LogP contribution in [0.4, 0.5) is 0 Å². The number of hydrogen-bond donors (Lipinski definition) is 0. The average Bonchev–Trinajstić information content (AvgIpc) is 2.21. The van der Waals surface area contributed by atoms with E-state index in [0.29, 0.717) is 12.3 Å². The predicted molar refractivity (Wildman–Crippen MR) is 57.6 cm³/mol. The van der Waals surface area contributed by atoms with E-state index in [1.807, 2.05) is 0 Å². The van der Waals surface area contributed by atoms with Gasteiger partial charge in [-0.15, -0.1) is 0 Å². The van der Waals surface area contributed by atoms with Crippen LogP contribution >= 0.6 is 0 Å². The van der Waals surface area contributed by atoms with Gasteiger partial charge in [0.25, 0.3) is 0 Å². The van der Waals surface area contributed by atoms with E-state index < -0.39 is 0 Å². The third-order valence-electron chi connectivity index (χ3n) is 3.13. The van der Waals surface area contributed by atoms with E-state index in [0.717, 1.165) is 25.7 Å². The monoisotopic (exact) mass is 212 g/mol. The van der Waals surface area contributed by atoms with Crippen LogP contribution in [-0.2, 0) is 14.3 Å². The van der Waals surface area contributed by atoms with Gasteiger partial charge in [0.05, 0.1) is 5.92 Å². The summed E-state index contributed by atoms with van der Waals surface area (Å²) in [5.74, 6) is 0.251. The molecule has 0 spiro atoms. The Labute approximate surface area is 91.2 Å². The Bertz CT molecular complexity index is 235. The molecule has 1 fully saturated rings. The normalized spacial score (nSPS) is 26.7. The van der Waals surface area contributed by atoms with Gasteiger partial charge in [-0.05, 0) is 18.8 Å². The molecule has 0 heterocycles. The molecule has 1 aliphatic rings. The van der Waals surface area contributed by atoms with Gasteiger partial charge in [-0.25, -0.2) is 0 Å². The maximum atomic E-state index is 11.6. The number of ether oxygens (including phenoxy) is 1. The average molecular weight is 212 g/mol. The molecule has 2 atom stereocenters. The van der Waals surface area contributed by atoms with E-state index in [1.165, 1.54) is 7.11 Å². The Morgan fingerprint density at radius 3 is 2.87 bits per heavy atom. The fourth-order valence-corrected chi connectivity index (χ4v) is 2.33. The fourth-order valence-electron chi connectivity index (χ4n) is 2.33. The molecule has 1 rings (SSSR count). The summed E-state index contributed by atoms with van der Waals surface area (Å²) in [6.45, 7) is 2.22. The lowest BCUT2D eigenvalue weighted by atomic mass is 9.77. The third kappa shape index (κ3) is 3.42. The lowest BCUT2D eigenvalue weighted by Gasteiger charge is -2.26. The van der Waals surface area contributed by atoms with E-state index in [-0.39, 0.29) is 24.1 Å². The molecule has 0 aromatic carbocycles. The zero-order valence-electron chi connectivity index (χ0n) is 9.62. The largest absolute Gasteiger partial charge is 0.377 e. The van der Waals surface area contributed by atoms with Crippen molar-refractivity contribution in [2.75, 3.05) is 13.7 Å². The van der Waals surface area contributed by atoms with Gasteiger partial charge in [-0.1, -0.05) is 19.8 Å². The Morgan fingerprint density at radius 1 is 1.53 bits per heavy atom. The summed E-state index contributed by atoms with van der Waals surface area (Å²) < 4.78 is 4.80. The zero-order chi connectivity index (χ0) is 11.3. The Morgan fingerprint density at radius 2 is 2.27 bits per heavy atom. The SMILES string of the molecule is CCCC1CCC(=O)C(C(=O)COC)C1. The summed E-state index contributed by atoms with van der Waals surface area (Å²) in [6, 6.07) is 0. The molecule has 0 aliphatic heterocycles. The number of methoxy groups -OCH3 is 1. The van der Waals surface area contributed by atoms with Gasteiger partial charge in [0, 0.05) is 13.5 Å². The van der Waals surface area contributed by atoms with Gasteiger partial charge in [0.2, 0.25) is 0 Å². The number of ketones is 2. The van der Waals surface area contributed by atoms with Crippen LogP contribution in [0.1, 0.15) is 39.0 Å². The van der Waals surface area contributed by atoms with Crippen LogP contribution < -0.4 is 0 Å². The van der Waals surface area contributed by atoms with Crippen LogP contribution in [0.25, 0.3) is 0 Å². The fraction of sp³-hybridized carbons (Fsp3) is 0.833. The van der Waals surface area contributed by atoms with E-state index in [9.17, 15) is 9.59 Å². The van der Waals surface area contributed by atoms with Crippen LogP contribution in [0.15, 0.2) is 0 Å². The quantitative estimate of drug-likeness (QED) is 0.654. The number of hydrogen-bond acceptors (Lipinski definition) is 3. The summed E-state index contributed by atoms with van der Waals surface area (Å²) >= 11 is 0. The first-order valence-electron chi connectivity index (χ1n) is 5.73. The van der Waals surface area contributed by atoms with Gasteiger partial charge < -0.3 is 4.74 Å². The smallest absolute Gasteiger partial charge is 0.168 e. The van der Waals surface area contributed by atoms with Crippen LogP contribution in [-0.4, -0.2) is 25.3 Å². The Hall–Kier alpha value is -0.700. The molecule has 1 aliphatic carbocycles. The van der Waals surface area contributed by atoms with Gasteiger partial charge >= 0.3 is 0 Å². The minimum absolute atomic E-state index is 0.0386. The van der Waals surface area contributed by atoms with Crippen molar-refractivity contribution < 1.29 is 14.3 Å². The van der Waals surface area contributed by atoms with Gasteiger partial charge in [-0.3, -0.25) is 9.59 Å². The van der Waals surface area contributed by atoms with Crippen LogP contribution in [0.2, 0.25) is 0 Å². The molecule has 3 nitrogen and oxygen atoms in total. The molecule has 15 heavy (non-hydrogen) atoms. The van der Waals surface area contributed by atoms with E-state index in [2.05, 4.69) is 6.92 Å². The minimum Gasteiger partial charge on any atom is -0.377 e. The van der Waals surface area contributed by atoms with Crippen molar-refractivity contribution in [3.05, 3.63) is 0 Å². The molecule has 0 aromatic heterocycles. The first kappa shape index (κ1) is 12.4. The van der Waals surface area contributed by atoms with Crippen LogP contribution in [0, 0.1) is 11.8 Å². The van der Waals surface area contributed by atoms with E-state index >= 15 is 0 Å². The third-order valence-corrected chi connectivity index (χ3v) is 3.13. The molecule has 0 amide bonds. The van der Waals surface area contributed by atoms with E-state index in [1.54, 1.807) is 0 Å². The summed E-state index contributed by atoms with van der Waals surface area (Å²) in [7, 11) is 1.49. The summed E-state index contributed by atoms with van der Waals surface area (Å²) in [5, 5.41) is 0. The molecular formula is C12H20O3. The van der Waals surface area contributed by atoms with Gasteiger partial charge in [0.15, 0.2) is 5.78 Å². The second-order valence-electron chi connectivity index (χ2n) is 4.35. The van der Waals surface area contributed by atoms with Crippen LogP contribution in [0.3, 0.4) is 0 Å². The highest BCUT2D eigenvalue weighted by atomic mass is 16.5. The molecule has 2 unspecified atom stereocenters. The second-order valence-corrected chi connectivity index (χ2v) is 4.35. The number of carbonyl (C=O) groups excluding carboxylic acids is 2. The number of rotatable bonds is 5. The van der Waals surface area contributed by atoms with Crippen molar-refractivity contribution >= 4 is 11.6 Å². The Balaban J connectivity index is 2.53. The maximum absolute atomic E-state index is 11.6. The molecule has 0 aromatic rings. The summed E-state index contributed by atoms with van der Waals surface area (Å²) in [6.07, 6.45) is 4.54. The molecule has 86 valence electrons. The first-order valence-corrected chi connectivity index (χ1v) is 5.73. The highest BCUT2D eigenvalue weighted by Gasteiger charge is 2.32. The van der Waals surface area contributed by atoms with Gasteiger partial charge in [0.1, 0.15) is 12.4 Å². The first-order chi connectivity index (χ1) is 7.19. The molecule has 1 saturated carbocycles. The molecule has 0 bridgehead atoms. The highest BCUT2D eigenvalue weighted by Crippen LogP contribution is 2.30. The van der Waals surface area contributed by atoms with Crippen molar-refractivity contribution in [2.45, 2.75) is 39.0 Å². The number of carbonyl (C=O) groups is 2. The van der Waals surface area contributed by atoms with Gasteiger partial charge in [-0.2, -0.15) is 0 Å². The zero-order valence-corrected chi connectivity index (χ0v) is 9.62. The molecule has 0 saturated heterocycles. The molecule has 0 N–H and O–H groups in total. The predicted octanol–water partition coefficient (Wildman–Crippen LogP) is 1.99. The van der Waals surface area contributed by atoms with Crippen LogP contribution in [0.5, 0.6) is 0 Å². The lowest BCUT2D eigenvalue weighted by Crippen LogP contribution is -2.33. The van der Waals surface area contributed by atoms with Crippen molar-refractivity contribution in [1.29, 1.82) is 0 Å². The number of Topliss-reactive ketones (excluding diaryl/α,β-unsaturated/α-hetero) is 2. The minimum atomic E-state index is -0.379. The van der Waals surface area contributed by atoms with Crippen molar-refractivity contribution in [3.8, 4) is 0 Å². The summed E-state index contributed by atoms with van der Waals surface area (Å²) in [5.41, 5.74) is 0. The van der Waals surface area contributed by atoms with Crippen molar-refractivity contribution in [2.24, 2.45) is 11.8 Å². The summed E-state index contributed by atoms with van der Waals surface area (Å²) in [4.78, 5) is 23.2. The molecular weight excluding hydrogens is 192 g/mol. The topological polar surface area (TPSA) is 43.4 Å². The highest BCUT2D eigenvalue weighted by molar-refractivity contribution is 6.03. The molecule has 3 heteroatoms.